The number of amides is 1. The van der Waals surface area contributed by atoms with E-state index in [0.29, 0.717) is 17.0 Å². The average Bonchev–Trinajstić information content (AvgIpc) is 2.42. The van der Waals surface area contributed by atoms with Crippen LogP contribution < -0.4 is 10.5 Å². The van der Waals surface area contributed by atoms with Crippen LogP contribution in [0.4, 0.5) is 5.69 Å². The average molecular weight is 270 g/mol. The third-order valence-corrected chi connectivity index (χ3v) is 2.98. The van der Waals surface area contributed by atoms with E-state index in [4.69, 9.17) is 10.5 Å². The number of benzene rings is 2. The van der Waals surface area contributed by atoms with Crippen LogP contribution in [0.5, 0.6) is 11.5 Å². The van der Waals surface area contributed by atoms with Crippen LogP contribution in [0.25, 0.3) is 0 Å². The minimum absolute atomic E-state index is 0.0841. The van der Waals surface area contributed by atoms with E-state index in [1.165, 1.54) is 4.90 Å². The van der Waals surface area contributed by atoms with E-state index in [-0.39, 0.29) is 5.91 Å². The lowest BCUT2D eigenvalue weighted by Crippen LogP contribution is -2.21. The maximum atomic E-state index is 11.8. The Balaban J connectivity index is 2.27. The zero-order valence-corrected chi connectivity index (χ0v) is 11.9. The van der Waals surface area contributed by atoms with Crippen LogP contribution >= 0.6 is 0 Å². The summed E-state index contributed by atoms with van der Waals surface area (Å²) in [5.74, 6) is 1.22. The zero-order chi connectivity index (χ0) is 14.7. The molecule has 0 aliphatic heterocycles. The molecule has 0 saturated heterocycles. The van der Waals surface area contributed by atoms with Gasteiger partial charge in [0.15, 0.2) is 0 Å². The number of aryl methyl sites for hydroxylation is 1. The van der Waals surface area contributed by atoms with Crippen LogP contribution in [0.3, 0.4) is 0 Å². The van der Waals surface area contributed by atoms with Gasteiger partial charge in [0.05, 0.1) is 5.69 Å². The van der Waals surface area contributed by atoms with Gasteiger partial charge < -0.3 is 15.4 Å². The molecular weight excluding hydrogens is 252 g/mol. The summed E-state index contributed by atoms with van der Waals surface area (Å²) < 4.78 is 5.79. The van der Waals surface area contributed by atoms with Crippen LogP contribution in [0.15, 0.2) is 42.5 Å². The van der Waals surface area contributed by atoms with Gasteiger partial charge in [-0.2, -0.15) is 0 Å². The molecule has 0 bridgehead atoms. The van der Waals surface area contributed by atoms with E-state index in [1.54, 1.807) is 32.3 Å². The van der Waals surface area contributed by atoms with Crippen LogP contribution in [-0.2, 0) is 0 Å². The Morgan fingerprint density at radius 3 is 2.40 bits per heavy atom. The summed E-state index contributed by atoms with van der Waals surface area (Å²) in [5.41, 5.74) is 7.98. The number of nitrogen functional groups attached to an aromatic ring is 1. The van der Waals surface area contributed by atoms with Gasteiger partial charge in [0.2, 0.25) is 0 Å². The predicted octanol–water partition coefficient (Wildman–Crippen LogP) is 3.07. The molecule has 2 N–H and O–H groups in total. The highest BCUT2D eigenvalue weighted by atomic mass is 16.5. The summed E-state index contributed by atoms with van der Waals surface area (Å²) in [6.45, 7) is 1.97. The van der Waals surface area contributed by atoms with Gasteiger partial charge >= 0.3 is 0 Å². The molecule has 0 heterocycles. The Bertz CT molecular complexity index is 636. The Morgan fingerprint density at radius 2 is 1.80 bits per heavy atom. The van der Waals surface area contributed by atoms with Gasteiger partial charge in [-0.25, -0.2) is 0 Å². The number of carbonyl (C=O) groups is 1. The number of hydrogen-bond acceptors (Lipinski definition) is 3. The maximum Gasteiger partial charge on any atom is 0.253 e. The fourth-order valence-corrected chi connectivity index (χ4v) is 1.82. The first kappa shape index (κ1) is 13.9. The van der Waals surface area contributed by atoms with Gasteiger partial charge in [-0.05, 0) is 36.8 Å². The summed E-state index contributed by atoms with van der Waals surface area (Å²) >= 11 is 0. The van der Waals surface area contributed by atoms with Crippen molar-refractivity contribution in [2.24, 2.45) is 0 Å². The van der Waals surface area contributed by atoms with Crippen molar-refractivity contribution in [3.05, 3.63) is 53.6 Å². The monoisotopic (exact) mass is 270 g/mol. The molecule has 104 valence electrons. The van der Waals surface area contributed by atoms with Gasteiger partial charge in [0.25, 0.3) is 5.91 Å². The topological polar surface area (TPSA) is 55.6 Å². The Labute approximate surface area is 118 Å². The number of nitrogens with two attached hydrogens (primary N) is 1. The molecule has 20 heavy (non-hydrogen) atoms. The lowest BCUT2D eigenvalue weighted by atomic mass is 10.1. The third-order valence-electron chi connectivity index (χ3n) is 2.98. The molecule has 0 aromatic heterocycles. The van der Waals surface area contributed by atoms with Crippen molar-refractivity contribution in [3.63, 3.8) is 0 Å². The van der Waals surface area contributed by atoms with Crippen LogP contribution in [0.1, 0.15) is 15.9 Å². The Hall–Kier alpha value is -2.49. The van der Waals surface area contributed by atoms with Crippen LogP contribution in [0, 0.1) is 6.92 Å². The predicted molar refractivity (Wildman–Crippen MR) is 80.1 cm³/mol. The summed E-state index contributed by atoms with van der Waals surface area (Å²) in [4.78, 5) is 13.4. The molecule has 0 aliphatic rings. The maximum absolute atomic E-state index is 11.8. The van der Waals surface area contributed by atoms with E-state index in [2.05, 4.69) is 0 Å². The molecule has 0 aliphatic carbocycles. The molecule has 0 atom stereocenters. The van der Waals surface area contributed by atoms with Crippen molar-refractivity contribution < 1.29 is 9.53 Å². The summed E-state index contributed by atoms with van der Waals surface area (Å²) in [6.07, 6.45) is 0. The Morgan fingerprint density at radius 1 is 1.10 bits per heavy atom. The molecule has 4 nitrogen and oxygen atoms in total. The molecule has 0 saturated carbocycles. The van der Waals surface area contributed by atoms with Crippen LogP contribution in [0.2, 0.25) is 0 Å². The molecule has 4 heteroatoms. The van der Waals surface area contributed by atoms with E-state index < -0.39 is 0 Å². The first-order valence-corrected chi connectivity index (χ1v) is 6.33. The second kappa shape index (κ2) is 5.65. The third kappa shape index (κ3) is 2.91. The minimum atomic E-state index is -0.0841. The van der Waals surface area contributed by atoms with E-state index >= 15 is 0 Å². The lowest BCUT2D eigenvalue weighted by Gasteiger charge is -2.13. The van der Waals surface area contributed by atoms with Crippen molar-refractivity contribution in [2.75, 3.05) is 19.8 Å². The zero-order valence-electron chi connectivity index (χ0n) is 11.9. The standard InChI is InChI=1S/C16H18N2O2/c1-11-6-4-5-7-14(11)20-15-9-8-12(10-13(15)17)16(19)18(2)3/h4-10H,17H2,1-3H3. The number of anilines is 1. The first-order valence-electron chi connectivity index (χ1n) is 6.33. The highest BCUT2D eigenvalue weighted by Gasteiger charge is 2.11. The van der Waals surface area contributed by atoms with Crippen molar-refractivity contribution in [1.82, 2.24) is 4.90 Å². The molecule has 0 fully saturated rings. The van der Waals surface area contributed by atoms with Crippen LogP contribution in [-0.4, -0.2) is 24.9 Å². The number of hydrogen-bond donors (Lipinski definition) is 1. The largest absolute Gasteiger partial charge is 0.455 e. The van der Waals surface area contributed by atoms with E-state index in [0.717, 1.165) is 11.3 Å². The van der Waals surface area contributed by atoms with Crippen molar-refractivity contribution in [2.45, 2.75) is 6.92 Å². The molecular formula is C16H18N2O2. The first-order chi connectivity index (χ1) is 9.49. The van der Waals surface area contributed by atoms with Gasteiger partial charge in [0.1, 0.15) is 11.5 Å². The lowest BCUT2D eigenvalue weighted by molar-refractivity contribution is 0.0827. The van der Waals surface area contributed by atoms with Gasteiger partial charge in [-0.15, -0.1) is 0 Å². The fraction of sp³-hybridized carbons (Fsp3) is 0.188. The number of nitrogens with zero attached hydrogens (tertiary/aromatic N) is 1. The second-order valence-electron chi connectivity index (χ2n) is 4.82. The van der Waals surface area contributed by atoms with Gasteiger partial charge in [0, 0.05) is 19.7 Å². The normalized spacial score (nSPS) is 10.2. The number of carbonyl (C=O) groups excluding carboxylic acids is 1. The highest BCUT2D eigenvalue weighted by molar-refractivity contribution is 5.95. The molecule has 2 rings (SSSR count). The number of rotatable bonds is 3. The summed E-state index contributed by atoms with van der Waals surface area (Å²) in [6, 6.07) is 12.8. The minimum Gasteiger partial charge on any atom is -0.455 e. The summed E-state index contributed by atoms with van der Waals surface area (Å²) in [5, 5.41) is 0. The smallest absolute Gasteiger partial charge is 0.253 e. The summed E-state index contributed by atoms with van der Waals surface area (Å²) in [7, 11) is 3.41. The molecule has 0 unspecified atom stereocenters. The number of ether oxygens (including phenoxy) is 1. The SMILES string of the molecule is Cc1ccccc1Oc1ccc(C(=O)N(C)C)cc1N. The molecule has 2 aromatic carbocycles. The molecule has 0 radical (unpaired) electrons. The van der Waals surface area contributed by atoms with E-state index in [9.17, 15) is 4.79 Å². The van der Waals surface area contributed by atoms with Gasteiger partial charge in [-0.3, -0.25) is 4.79 Å². The fourth-order valence-electron chi connectivity index (χ4n) is 1.82. The molecule has 1 amide bonds. The van der Waals surface area contributed by atoms with E-state index in [1.807, 2.05) is 31.2 Å². The van der Waals surface area contributed by atoms with Crippen molar-refractivity contribution in [1.29, 1.82) is 0 Å². The quantitative estimate of drug-likeness (QED) is 0.872. The molecule has 0 spiro atoms. The highest BCUT2D eigenvalue weighted by Crippen LogP contribution is 2.30. The van der Waals surface area contributed by atoms with Crippen molar-refractivity contribution in [3.8, 4) is 11.5 Å². The molecule has 2 aromatic rings. The Kier molecular flexibility index (Phi) is 3.94. The number of para-hydroxylation sites is 1. The van der Waals surface area contributed by atoms with Gasteiger partial charge in [-0.1, -0.05) is 18.2 Å². The second-order valence-corrected chi connectivity index (χ2v) is 4.82. The van der Waals surface area contributed by atoms with Crippen molar-refractivity contribution >= 4 is 11.6 Å².